The average molecular weight is 407 g/mol. The van der Waals surface area contributed by atoms with E-state index >= 15 is 0 Å². The van der Waals surface area contributed by atoms with Crippen LogP contribution in [0.2, 0.25) is 0 Å². The van der Waals surface area contributed by atoms with Crippen molar-refractivity contribution in [3.8, 4) is 0 Å². The van der Waals surface area contributed by atoms with E-state index in [0.29, 0.717) is 31.3 Å². The van der Waals surface area contributed by atoms with Gasteiger partial charge in [-0.1, -0.05) is 31.2 Å². The second-order valence-corrected chi connectivity index (χ2v) is 9.22. The molecule has 30 heavy (non-hydrogen) atoms. The Labute approximate surface area is 177 Å². The summed E-state index contributed by atoms with van der Waals surface area (Å²) in [5.41, 5.74) is 5.04. The number of H-pyrrole nitrogens is 1. The lowest BCUT2D eigenvalue weighted by atomic mass is 9.87. The molecule has 0 spiro atoms. The van der Waals surface area contributed by atoms with E-state index in [0.717, 1.165) is 36.3 Å². The van der Waals surface area contributed by atoms with E-state index in [-0.39, 0.29) is 23.8 Å². The van der Waals surface area contributed by atoms with Crippen LogP contribution in [0.5, 0.6) is 0 Å². The normalized spacial score (nSPS) is 25.6. The maximum absolute atomic E-state index is 13.5. The van der Waals surface area contributed by atoms with Crippen molar-refractivity contribution in [1.29, 1.82) is 0 Å². The second kappa shape index (κ2) is 7.25. The fourth-order valence-corrected chi connectivity index (χ4v) is 5.52. The summed E-state index contributed by atoms with van der Waals surface area (Å²) in [6, 6.07) is 8.41. The number of aromatic amines is 1. The molecule has 2 saturated heterocycles. The molecule has 0 radical (unpaired) electrons. The molecule has 0 bridgehead atoms. The van der Waals surface area contributed by atoms with Gasteiger partial charge in [-0.2, -0.15) is 5.10 Å². The van der Waals surface area contributed by atoms with Gasteiger partial charge in [0.1, 0.15) is 0 Å². The molecule has 2 aromatic rings. The van der Waals surface area contributed by atoms with E-state index in [4.69, 9.17) is 0 Å². The van der Waals surface area contributed by atoms with Crippen molar-refractivity contribution in [2.45, 2.75) is 52.0 Å². The Balaban J connectivity index is 1.44. The van der Waals surface area contributed by atoms with Crippen LogP contribution in [0, 0.1) is 25.7 Å². The number of hydrogen-bond donors (Lipinski definition) is 1. The van der Waals surface area contributed by atoms with Gasteiger partial charge in [0.2, 0.25) is 5.91 Å². The Morgan fingerprint density at radius 3 is 2.60 bits per heavy atom. The number of carbonyl (C=O) groups is 2. The number of aryl methyl sites for hydroxylation is 2. The van der Waals surface area contributed by atoms with Crippen LogP contribution >= 0.6 is 0 Å². The van der Waals surface area contributed by atoms with E-state index in [2.05, 4.69) is 40.2 Å². The minimum absolute atomic E-state index is 0.0507. The Bertz CT molecular complexity index is 993. The molecule has 1 aromatic carbocycles. The van der Waals surface area contributed by atoms with Crippen molar-refractivity contribution < 1.29 is 9.59 Å². The largest absolute Gasteiger partial charge is 0.338 e. The highest BCUT2D eigenvalue weighted by atomic mass is 16.2. The van der Waals surface area contributed by atoms with Crippen molar-refractivity contribution >= 4 is 11.8 Å². The lowest BCUT2D eigenvalue weighted by molar-refractivity contribution is -0.132. The number of nitrogens with one attached hydrogen (secondary N) is 1. The van der Waals surface area contributed by atoms with Crippen LogP contribution in [0.3, 0.4) is 0 Å². The highest BCUT2D eigenvalue weighted by Crippen LogP contribution is 2.47. The van der Waals surface area contributed by atoms with Crippen molar-refractivity contribution in [3.63, 3.8) is 0 Å². The summed E-state index contributed by atoms with van der Waals surface area (Å²) in [5.74, 6) is 1.35. The van der Waals surface area contributed by atoms with E-state index < -0.39 is 0 Å². The van der Waals surface area contributed by atoms with Gasteiger partial charge in [-0.25, -0.2) is 0 Å². The molecule has 3 fully saturated rings. The zero-order valence-electron chi connectivity index (χ0n) is 18.0. The number of benzene rings is 1. The number of nitrogens with zero attached hydrogens (tertiary/aromatic N) is 3. The number of rotatable bonds is 4. The molecule has 1 aromatic heterocycles. The number of carbonyl (C=O) groups excluding carboxylic acids is 2. The summed E-state index contributed by atoms with van der Waals surface area (Å²) in [6.45, 7) is 8.15. The third-order valence-electron chi connectivity index (χ3n) is 7.23. The van der Waals surface area contributed by atoms with Gasteiger partial charge in [0.25, 0.3) is 5.91 Å². The third-order valence-corrected chi connectivity index (χ3v) is 7.23. The standard InChI is InChI=1S/C24H30N4O2/c1-4-20(29)28-12-17-11-27(13-19(17)23(28)18-8-6-5-7-14(18)2)24(30)21-15(3)25-26-22(21)16-9-10-16/h5-8,16-17,19,23H,4,9-13H2,1-3H3,(H,25,26)/t17-,19-,23-/m0/s1. The molecular formula is C24H30N4O2. The Kier molecular flexibility index (Phi) is 4.68. The number of likely N-dealkylation sites (tertiary alicyclic amines) is 2. The summed E-state index contributed by atoms with van der Waals surface area (Å²) in [4.78, 5) is 30.3. The smallest absolute Gasteiger partial charge is 0.257 e. The van der Waals surface area contributed by atoms with Gasteiger partial charge < -0.3 is 9.80 Å². The maximum Gasteiger partial charge on any atom is 0.257 e. The summed E-state index contributed by atoms with van der Waals surface area (Å²) >= 11 is 0. The zero-order valence-corrected chi connectivity index (χ0v) is 18.0. The molecule has 1 saturated carbocycles. The fraction of sp³-hybridized carbons (Fsp3) is 0.542. The lowest BCUT2D eigenvalue weighted by Crippen LogP contribution is -2.37. The molecule has 6 heteroatoms. The summed E-state index contributed by atoms with van der Waals surface area (Å²) in [5, 5.41) is 7.47. The van der Waals surface area contributed by atoms with E-state index in [1.807, 2.05) is 24.8 Å². The Morgan fingerprint density at radius 1 is 1.13 bits per heavy atom. The number of fused-ring (bicyclic) bond motifs is 1. The summed E-state index contributed by atoms with van der Waals surface area (Å²) in [6.07, 6.45) is 2.77. The third kappa shape index (κ3) is 3.04. The first-order valence-corrected chi connectivity index (χ1v) is 11.2. The van der Waals surface area contributed by atoms with Crippen molar-refractivity contribution in [1.82, 2.24) is 20.0 Å². The molecule has 3 heterocycles. The first kappa shape index (κ1) is 19.3. The highest BCUT2D eigenvalue weighted by Gasteiger charge is 2.50. The van der Waals surface area contributed by atoms with Crippen molar-refractivity contribution in [2.24, 2.45) is 11.8 Å². The van der Waals surface area contributed by atoms with Gasteiger partial charge in [0, 0.05) is 49.5 Å². The fourth-order valence-electron chi connectivity index (χ4n) is 5.52. The molecule has 1 N–H and O–H groups in total. The van der Waals surface area contributed by atoms with Gasteiger partial charge in [-0.3, -0.25) is 14.7 Å². The minimum Gasteiger partial charge on any atom is -0.338 e. The van der Waals surface area contributed by atoms with Crippen molar-refractivity contribution in [2.75, 3.05) is 19.6 Å². The predicted octanol–water partition coefficient (Wildman–Crippen LogP) is 3.59. The van der Waals surface area contributed by atoms with Gasteiger partial charge in [-0.05, 0) is 37.8 Å². The van der Waals surface area contributed by atoms with E-state index in [1.165, 1.54) is 11.1 Å². The van der Waals surface area contributed by atoms with Crippen LogP contribution in [0.25, 0.3) is 0 Å². The van der Waals surface area contributed by atoms with Crippen molar-refractivity contribution in [3.05, 3.63) is 52.3 Å². The topological polar surface area (TPSA) is 69.3 Å². The molecule has 6 nitrogen and oxygen atoms in total. The summed E-state index contributed by atoms with van der Waals surface area (Å²) in [7, 11) is 0. The zero-order chi connectivity index (χ0) is 21.0. The first-order valence-electron chi connectivity index (χ1n) is 11.2. The molecule has 2 aliphatic heterocycles. The molecule has 2 amide bonds. The number of hydrogen-bond acceptors (Lipinski definition) is 3. The van der Waals surface area contributed by atoms with Gasteiger partial charge in [-0.15, -0.1) is 0 Å². The van der Waals surface area contributed by atoms with Crippen LogP contribution in [0.4, 0.5) is 0 Å². The van der Waals surface area contributed by atoms with Gasteiger partial charge in [0.15, 0.2) is 0 Å². The second-order valence-electron chi connectivity index (χ2n) is 9.22. The SMILES string of the molecule is CCC(=O)N1C[C@@H]2CN(C(=O)c3c(C4CC4)n[nH]c3C)C[C@@H]2[C@@H]1c1ccccc1C. The molecular weight excluding hydrogens is 376 g/mol. The van der Waals surface area contributed by atoms with Crippen LogP contribution < -0.4 is 0 Å². The average Bonchev–Trinajstić information content (AvgIpc) is 3.24. The molecule has 3 atom stereocenters. The minimum atomic E-state index is 0.0507. The highest BCUT2D eigenvalue weighted by molar-refractivity contribution is 5.97. The molecule has 3 aliphatic rings. The summed E-state index contributed by atoms with van der Waals surface area (Å²) < 4.78 is 0. The number of aromatic nitrogens is 2. The predicted molar refractivity (Wildman–Crippen MR) is 114 cm³/mol. The van der Waals surface area contributed by atoms with Crippen LogP contribution in [0.1, 0.15) is 71.0 Å². The lowest BCUT2D eigenvalue weighted by Gasteiger charge is -2.31. The maximum atomic E-state index is 13.5. The molecule has 5 rings (SSSR count). The molecule has 158 valence electrons. The van der Waals surface area contributed by atoms with E-state index in [9.17, 15) is 9.59 Å². The van der Waals surface area contributed by atoms with Crippen LogP contribution in [-0.2, 0) is 4.79 Å². The molecule has 1 aliphatic carbocycles. The van der Waals surface area contributed by atoms with Crippen LogP contribution in [-0.4, -0.2) is 51.4 Å². The first-order chi connectivity index (χ1) is 14.5. The Morgan fingerprint density at radius 2 is 1.90 bits per heavy atom. The molecule has 0 unspecified atom stereocenters. The number of amides is 2. The van der Waals surface area contributed by atoms with E-state index in [1.54, 1.807) is 0 Å². The Hall–Kier alpha value is -2.63. The van der Waals surface area contributed by atoms with Gasteiger partial charge >= 0.3 is 0 Å². The van der Waals surface area contributed by atoms with Crippen LogP contribution in [0.15, 0.2) is 24.3 Å². The monoisotopic (exact) mass is 406 g/mol. The van der Waals surface area contributed by atoms with Gasteiger partial charge in [0.05, 0.1) is 17.3 Å². The quantitative estimate of drug-likeness (QED) is 0.844.